The summed E-state index contributed by atoms with van der Waals surface area (Å²) in [6.07, 6.45) is 1.64. The molecule has 1 amide bonds. The van der Waals surface area contributed by atoms with Crippen molar-refractivity contribution in [2.24, 2.45) is 0 Å². The van der Waals surface area contributed by atoms with E-state index in [1.165, 1.54) is 0 Å². The van der Waals surface area contributed by atoms with Gasteiger partial charge in [0.05, 0.1) is 0 Å². The number of amides is 1. The molecule has 1 atom stereocenters. The molecule has 0 aromatic carbocycles. The quantitative estimate of drug-likeness (QED) is 0.845. The molecule has 0 radical (unpaired) electrons. The maximum absolute atomic E-state index is 12.2. The summed E-state index contributed by atoms with van der Waals surface area (Å²) in [4.78, 5) is 18.1. The fourth-order valence-electron chi connectivity index (χ4n) is 1.81. The van der Waals surface area contributed by atoms with E-state index in [1.54, 1.807) is 12.3 Å². The molecule has 1 N–H and O–H groups in total. The lowest BCUT2D eigenvalue weighted by molar-refractivity contribution is 0.0702. The predicted molar refractivity (Wildman–Crippen MR) is 65.3 cm³/mol. The summed E-state index contributed by atoms with van der Waals surface area (Å²) in [5.74, 6) is 0.000764. The second-order valence-corrected chi connectivity index (χ2v) is 4.79. The molecular weight excluding hydrogens is 270 g/mol. The molecule has 0 spiro atoms. The van der Waals surface area contributed by atoms with Crippen LogP contribution in [-0.2, 0) is 0 Å². The van der Waals surface area contributed by atoms with Crippen molar-refractivity contribution in [2.75, 3.05) is 19.6 Å². The highest BCUT2D eigenvalue weighted by molar-refractivity contribution is 9.10. The molecule has 2 heterocycles. The van der Waals surface area contributed by atoms with Crippen LogP contribution in [0, 0.1) is 0 Å². The van der Waals surface area contributed by atoms with Gasteiger partial charge in [0, 0.05) is 36.3 Å². The molecule has 0 unspecified atom stereocenters. The topological polar surface area (TPSA) is 45.2 Å². The normalized spacial score (nSPS) is 20.9. The first kappa shape index (κ1) is 11.5. The number of nitrogens with one attached hydrogen (secondary N) is 1. The number of hydrogen-bond acceptors (Lipinski definition) is 3. The van der Waals surface area contributed by atoms with Crippen LogP contribution in [0.2, 0.25) is 0 Å². The van der Waals surface area contributed by atoms with Crippen molar-refractivity contribution < 1.29 is 4.79 Å². The maximum Gasteiger partial charge on any atom is 0.273 e. The van der Waals surface area contributed by atoms with Crippen LogP contribution in [0.5, 0.6) is 0 Å². The summed E-state index contributed by atoms with van der Waals surface area (Å²) in [7, 11) is 0. The maximum atomic E-state index is 12.2. The Hall–Kier alpha value is -0.940. The van der Waals surface area contributed by atoms with Crippen LogP contribution in [0.25, 0.3) is 0 Å². The van der Waals surface area contributed by atoms with Crippen LogP contribution >= 0.6 is 15.9 Å². The molecule has 16 heavy (non-hydrogen) atoms. The zero-order valence-electron chi connectivity index (χ0n) is 9.11. The lowest BCUT2D eigenvalue weighted by atomic mass is 10.2. The van der Waals surface area contributed by atoms with Gasteiger partial charge in [0.1, 0.15) is 5.69 Å². The average Bonchev–Trinajstić information content (AvgIpc) is 2.29. The lowest BCUT2D eigenvalue weighted by Crippen LogP contribution is -2.51. The fraction of sp³-hybridized carbons (Fsp3) is 0.455. The number of pyridine rings is 1. The molecule has 1 aromatic heterocycles. The smallest absolute Gasteiger partial charge is 0.273 e. The number of nitrogens with zero attached hydrogens (tertiary/aromatic N) is 2. The summed E-state index contributed by atoms with van der Waals surface area (Å²) < 4.78 is 0.756. The van der Waals surface area contributed by atoms with Gasteiger partial charge in [-0.1, -0.05) is 0 Å². The molecule has 1 aliphatic rings. The highest BCUT2D eigenvalue weighted by Gasteiger charge is 2.23. The molecule has 5 heteroatoms. The van der Waals surface area contributed by atoms with Crippen LogP contribution in [0.1, 0.15) is 17.4 Å². The summed E-state index contributed by atoms with van der Waals surface area (Å²) in [6, 6.07) is 3.99. The Balaban J connectivity index is 2.16. The number of carbonyl (C=O) groups excluding carboxylic acids is 1. The van der Waals surface area contributed by atoms with Crippen molar-refractivity contribution in [3.05, 3.63) is 28.5 Å². The number of hydrogen-bond donors (Lipinski definition) is 1. The van der Waals surface area contributed by atoms with Crippen molar-refractivity contribution in [1.82, 2.24) is 15.2 Å². The van der Waals surface area contributed by atoms with E-state index in [0.717, 1.165) is 24.1 Å². The van der Waals surface area contributed by atoms with Crippen LogP contribution in [0.15, 0.2) is 22.8 Å². The number of halogens is 1. The third-order valence-corrected chi connectivity index (χ3v) is 3.26. The summed E-state index contributed by atoms with van der Waals surface area (Å²) >= 11 is 3.35. The predicted octanol–water partition coefficient (Wildman–Crippen LogP) is 1.28. The number of aromatic nitrogens is 1. The summed E-state index contributed by atoms with van der Waals surface area (Å²) in [5.41, 5.74) is 0.497. The van der Waals surface area contributed by atoms with E-state index in [4.69, 9.17) is 0 Å². The second-order valence-electron chi connectivity index (χ2n) is 3.94. The first-order valence-corrected chi connectivity index (χ1v) is 6.11. The Kier molecular flexibility index (Phi) is 3.56. The van der Waals surface area contributed by atoms with Crippen molar-refractivity contribution in [3.8, 4) is 0 Å². The van der Waals surface area contributed by atoms with Gasteiger partial charge in [-0.25, -0.2) is 4.98 Å². The fourth-order valence-corrected chi connectivity index (χ4v) is 2.23. The van der Waals surface area contributed by atoms with Crippen LogP contribution in [-0.4, -0.2) is 41.5 Å². The highest BCUT2D eigenvalue weighted by Crippen LogP contribution is 2.16. The number of piperazine rings is 1. The molecule has 1 aromatic rings. The average molecular weight is 284 g/mol. The minimum atomic E-state index is 0.000764. The van der Waals surface area contributed by atoms with Crippen LogP contribution in [0.4, 0.5) is 0 Å². The van der Waals surface area contributed by atoms with E-state index in [-0.39, 0.29) is 5.91 Å². The van der Waals surface area contributed by atoms with Gasteiger partial charge in [0.15, 0.2) is 0 Å². The van der Waals surface area contributed by atoms with Gasteiger partial charge < -0.3 is 10.2 Å². The Labute approximate surface area is 103 Å². The SMILES string of the molecule is C[C@@H]1CN(C(=O)c2ncccc2Br)CCN1. The molecule has 1 saturated heterocycles. The molecule has 0 saturated carbocycles. The monoisotopic (exact) mass is 283 g/mol. The van der Waals surface area contributed by atoms with Crippen molar-refractivity contribution in [1.29, 1.82) is 0 Å². The van der Waals surface area contributed by atoms with Crippen LogP contribution < -0.4 is 5.32 Å². The standard InChI is InChI=1S/C11H14BrN3O/c1-8-7-15(6-5-13-8)11(16)10-9(12)3-2-4-14-10/h2-4,8,13H,5-7H2,1H3/t8-/m1/s1. The van der Waals surface area contributed by atoms with E-state index < -0.39 is 0 Å². The molecule has 0 aliphatic carbocycles. The van der Waals surface area contributed by atoms with Crippen molar-refractivity contribution in [2.45, 2.75) is 13.0 Å². The summed E-state index contributed by atoms with van der Waals surface area (Å²) in [6.45, 7) is 4.40. The van der Waals surface area contributed by atoms with Gasteiger partial charge >= 0.3 is 0 Å². The Morgan fingerprint density at radius 1 is 1.69 bits per heavy atom. The molecule has 1 aliphatic heterocycles. The number of carbonyl (C=O) groups is 1. The lowest BCUT2D eigenvalue weighted by Gasteiger charge is -2.31. The molecule has 86 valence electrons. The largest absolute Gasteiger partial charge is 0.334 e. The minimum absolute atomic E-state index is 0.000764. The summed E-state index contributed by atoms with van der Waals surface area (Å²) in [5, 5.41) is 3.31. The number of rotatable bonds is 1. The Morgan fingerprint density at radius 3 is 3.19 bits per heavy atom. The Morgan fingerprint density at radius 2 is 2.50 bits per heavy atom. The molecule has 0 bridgehead atoms. The van der Waals surface area contributed by atoms with Crippen molar-refractivity contribution >= 4 is 21.8 Å². The van der Waals surface area contributed by atoms with E-state index in [9.17, 15) is 4.79 Å². The highest BCUT2D eigenvalue weighted by atomic mass is 79.9. The van der Waals surface area contributed by atoms with E-state index in [1.807, 2.05) is 11.0 Å². The van der Waals surface area contributed by atoms with Gasteiger partial charge in [-0.05, 0) is 35.0 Å². The minimum Gasteiger partial charge on any atom is -0.334 e. The van der Waals surface area contributed by atoms with E-state index in [0.29, 0.717) is 11.7 Å². The van der Waals surface area contributed by atoms with Gasteiger partial charge in [-0.15, -0.1) is 0 Å². The van der Waals surface area contributed by atoms with Crippen LogP contribution in [0.3, 0.4) is 0 Å². The zero-order valence-corrected chi connectivity index (χ0v) is 10.7. The third kappa shape index (κ3) is 2.41. The van der Waals surface area contributed by atoms with Gasteiger partial charge in [0.2, 0.25) is 0 Å². The second kappa shape index (κ2) is 4.93. The first-order valence-electron chi connectivity index (χ1n) is 5.31. The molecule has 4 nitrogen and oxygen atoms in total. The van der Waals surface area contributed by atoms with Gasteiger partial charge in [0.25, 0.3) is 5.91 Å². The Bertz CT molecular complexity index is 397. The van der Waals surface area contributed by atoms with E-state index in [2.05, 4.69) is 33.2 Å². The van der Waals surface area contributed by atoms with Crippen molar-refractivity contribution in [3.63, 3.8) is 0 Å². The van der Waals surface area contributed by atoms with Gasteiger partial charge in [-0.3, -0.25) is 4.79 Å². The van der Waals surface area contributed by atoms with Gasteiger partial charge in [-0.2, -0.15) is 0 Å². The third-order valence-electron chi connectivity index (χ3n) is 2.62. The molecule has 2 rings (SSSR count). The molecule has 1 fully saturated rings. The van der Waals surface area contributed by atoms with E-state index >= 15 is 0 Å². The molecular formula is C11H14BrN3O. The first-order chi connectivity index (χ1) is 7.68. The zero-order chi connectivity index (χ0) is 11.5.